The van der Waals surface area contributed by atoms with Gasteiger partial charge in [0, 0.05) is 5.02 Å². The average Bonchev–Trinajstić information content (AvgIpc) is 2.43. The van der Waals surface area contributed by atoms with Crippen LogP contribution < -0.4 is 4.87 Å². The van der Waals surface area contributed by atoms with Crippen LogP contribution in [0.25, 0.3) is 10.2 Å². The van der Waals surface area contributed by atoms with Crippen molar-refractivity contribution in [1.82, 2.24) is 4.57 Å². The summed E-state index contributed by atoms with van der Waals surface area (Å²) in [6.07, 6.45) is 0. The number of fused-ring (bicyclic) bond motifs is 1. The molecule has 1 aromatic carbocycles. The molecule has 0 bridgehead atoms. The molecule has 4 nitrogen and oxygen atoms in total. The molecule has 0 aliphatic rings. The first-order chi connectivity index (χ1) is 7.08. The number of hydrogen-bond donors (Lipinski definition) is 1. The van der Waals surface area contributed by atoms with Crippen molar-refractivity contribution >= 4 is 39.1 Å². The zero-order valence-electron chi connectivity index (χ0n) is 7.44. The van der Waals surface area contributed by atoms with Crippen molar-refractivity contribution in [2.45, 2.75) is 6.54 Å². The van der Waals surface area contributed by atoms with Crippen LogP contribution in [0.3, 0.4) is 0 Å². The van der Waals surface area contributed by atoms with Gasteiger partial charge in [0.25, 0.3) is 0 Å². The fourth-order valence-electron chi connectivity index (χ4n) is 1.32. The molecule has 15 heavy (non-hydrogen) atoms. The Morgan fingerprint density at radius 3 is 2.93 bits per heavy atom. The van der Waals surface area contributed by atoms with Gasteiger partial charge in [-0.05, 0) is 18.2 Å². The minimum Gasteiger partial charge on any atom is -0.480 e. The first-order valence-corrected chi connectivity index (χ1v) is 5.28. The van der Waals surface area contributed by atoms with Gasteiger partial charge in [-0.2, -0.15) is 0 Å². The van der Waals surface area contributed by atoms with Gasteiger partial charge in [-0.25, -0.2) is 0 Å². The summed E-state index contributed by atoms with van der Waals surface area (Å²) in [6.45, 7) is -0.334. The summed E-state index contributed by atoms with van der Waals surface area (Å²) in [5.74, 6) is -1.04. The Bertz CT molecular complexity index is 587. The van der Waals surface area contributed by atoms with Crippen LogP contribution in [0, 0.1) is 0 Å². The normalized spacial score (nSPS) is 10.7. The fraction of sp³-hybridized carbons (Fsp3) is 0.111. The van der Waals surface area contributed by atoms with E-state index in [1.165, 1.54) is 4.57 Å². The van der Waals surface area contributed by atoms with Crippen LogP contribution in [0.15, 0.2) is 23.0 Å². The number of carboxylic acid groups (broad SMARTS) is 1. The number of halogens is 1. The summed E-state index contributed by atoms with van der Waals surface area (Å²) in [5.41, 5.74) is 0.569. The Morgan fingerprint density at radius 1 is 1.53 bits per heavy atom. The van der Waals surface area contributed by atoms with Gasteiger partial charge in [0.15, 0.2) is 0 Å². The van der Waals surface area contributed by atoms with Crippen LogP contribution in [0.5, 0.6) is 0 Å². The fourth-order valence-corrected chi connectivity index (χ4v) is 2.36. The lowest BCUT2D eigenvalue weighted by molar-refractivity contribution is -0.137. The van der Waals surface area contributed by atoms with E-state index in [0.29, 0.717) is 10.5 Å². The highest BCUT2D eigenvalue weighted by atomic mass is 35.5. The molecule has 0 amide bonds. The van der Waals surface area contributed by atoms with Crippen molar-refractivity contribution < 1.29 is 9.90 Å². The zero-order valence-corrected chi connectivity index (χ0v) is 9.01. The molecule has 0 aliphatic carbocycles. The Balaban J connectivity index is 2.70. The van der Waals surface area contributed by atoms with Gasteiger partial charge in [-0.15, -0.1) is 0 Å². The third-order valence-electron chi connectivity index (χ3n) is 1.92. The van der Waals surface area contributed by atoms with E-state index in [1.807, 2.05) is 0 Å². The topological polar surface area (TPSA) is 59.3 Å². The van der Waals surface area contributed by atoms with Crippen LogP contribution in [-0.2, 0) is 11.3 Å². The SMILES string of the molecule is O=C(O)Cn1c(=O)sc2ccc(Cl)cc21. The molecule has 1 N–H and O–H groups in total. The number of nitrogens with zero attached hydrogens (tertiary/aromatic N) is 1. The van der Waals surface area contributed by atoms with Crippen molar-refractivity contribution in [3.05, 3.63) is 32.9 Å². The lowest BCUT2D eigenvalue weighted by atomic mass is 10.3. The van der Waals surface area contributed by atoms with Gasteiger partial charge in [0.1, 0.15) is 6.54 Å². The van der Waals surface area contributed by atoms with Crippen LogP contribution in [0.2, 0.25) is 5.02 Å². The number of rotatable bonds is 2. The second-order valence-corrected chi connectivity index (χ2v) is 4.39. The summed E-state index contributed by atoms with van der Waals surface area (Å²) >= 11 is 6.79. The molecule has 0 saturated carbocycles. The lowest BCUT2D eigenvalue weighted by Crippen LogP contribution is -2.18. The second-order valence-electron chi connectivity index (χ2n) is 2.96. The van der Waals surface area contributed by atoms with E-state index in [-0.39, 0.29) is 11.4 Å². The van der Waals surface area contributed by atoms with Gasteiger partial charge in [0.05, 0.1) is 10.2 Å². The average molecular weight is 244 g/mol. The van der Waals surface area contributed by atoms with Crippen molar-refractivity contribution in [2.75, 3.05) is 0 Å². The van der Waals surface area contributed by atoms with Crippen molar-refractivity contribution in [2.24, 2.45) is 0 Å². The maximum absolute atomic E-state index is 11.5. The number of benzene rings is 1. The molecular weight excluding hydrogens is 238 g/mol. The van der Waals surface area contributed by atoms with Crippen molar-refractivity contribution in [3.63, 3.8) is 0 Å². The largest absolute Gasteiger partial charge is 0.480 e. The highest BCUT2D eigenvalue weighted by Crippen LogP contribution is 2.21. The van der Waals surface area contributed by atoms with Gasteiger partial charge >= 0.3 is 10.8 Å². The molecule has 1 heterocycles. The number of aromatic nitrogens is 1. The molecule has 2 aromatic rings. The lowest BCUT2D eigenvalue weighted by Gasteiger charge is -1.98. The Labute approximate surface area is 93.3 Å². The molecule has 0 spiro atoms. The highest BCUT2D eigenvalue weighted by molar-refractivity contribution is 7.16. The molecule has 1 aromatic heterocycles. The Kier molecular flexibility index (Phi) is 2.50. The van der Waals surface area contributed by atoms with E-state index in [2.05, 4.69) is 0 Å². The minimum absolute atomic E-state index is 0.283. The summed E-state index contributed by atoms with van der Waals surface area (Å²) in [5, 5.41) is 9.14. The van der Waals surface area contributed by atoms with Gasteiger partial charge < -0.3 is 5.11 Å². The molecule has 2 rings (SSSR count). The third kappa shape index (κ3) is 1.88. The summed E-state index contributed by atoms with van der Waals surface area (Å²) in [6, 6.07) is 4.98. The van der Waals surface area contributed by atoms with Crippen molar-refractivity contribution in [3.8, 4) is 0 Å². The van der Waals surface area contributed by atoms with Crippen molar-refractivity contribution in [1.29, 1.82) is 0 Å². The second kappa shape index (κ2) is 3.67. The number of hydrogen-bond acceptors (Lipinski definition) is 3. The maximum Gasteiger partial charge on any atom is 0.323 e. The molecule has 0 aliphatic heterocycles. The summed E-state index contributed by atoms with van der Waals surface area (Å²) < 4.78 is 1.94. The van der Waals surface area contributed by atoms with E-state index in [0.717, 1.165) is 16.0 Å². The zero-order chi connectivity index (χ0) is 11.0. The van der Waals surface area contributed by atoms with Crippen LogP contribution in [-0.4, -0.2) is 15.6 Å². The monoisotopic (exact) mass is 243 g/mol. The summed E-state index contributed by atoms with van der Waals surface area (Å²) in [4.78, 5) is 21.7. The van der Waals surface area contributed by atoms with Gasteiger partial charge in [0.2, 0.25) is 0 Å². The van der Waals surface area contributed by atoms with E-state index < -0.39 is 5.97 Å². The minimum atomic E-state index is -1.04. The maximum atomic E-state index is 11.5. The standard InChI is InChI=1S/C9H6ClNO3S/c10-5-1-2-7-6(3-5)11(4-8(12)13)9(14)15-7/h1-3H,4H2,(H,12,13). The van der Waals surface area contributed by atoms with Gasteiger partial charge in [-0.3, -0.25) is 14.2 Å². The van der Waals surface area contributed by atoms with E-state index in [4.69, 9.17) is 16.7 Å². The molecule has 6 heteroatoms. The van der Waals surface area contributed by atoms with Crippen LogP contribution >= 0.6 is 22.9 Å². The van der Waals surface area contributed by atoms with Crippen LogP contribution in [0.4, 0.5) is 0 Å². The molecule has 0 radical (unpaired) electrons. The predicted octanol–water partition coefficient (Wildman–Crippen LogP) is 1.80. The van der Waals surface area contributed by atoms with E-state index in [9.17, 15) is 9.59 Å². The molecule has 78 valence electrons. The summed E-state index contributed by atoms with van der Waals surface area (Å²) in [7, 11) is 0. The molecule has 0 atom stereocenters. The number of carboxylic acids is 1. The quantitative estimate of drug-likeness (QED) is 0.875. The Hall–Kier alpha value is -1.33. The molecule has 0 fully saturated rings. The number of thiazole rings is 1. The van der Waals surface area contributed by atoms with E-state index >= 15 is 0 Å². The number of aliphatic carboxylic acids is 1. The predicted molar refractivity (Wildman–Crippen MR) is 58.7 cm³/mol. The Morgan fingerprint density at radius 2 is 2.27 bits per heavy atom. The highest BCUT2D eigenvalue weighted by Gasteiger charge is 2.10. The first-order valence-electron chi connectivity index (χ1n) is 4.08. The van der Waals surface area contributed by atoms with Crippen LogP contribution in [0.1, 0.15) is 0 Å². The van der Waals surface area contributed by atoms with E-state index in [1.54, 1.807) is 18.2 Å². The number of carbonyl (C=O) groups is 1. The molecule has 0 unspecified atom stereocenters. The molecular formula is C9H6ClNO3S. The van der Waals surface area contributed by atoms with Gasteiger partial charge in [-0.1, -0.05) is 22.9 Å². The third-order valence-corrected chi connectivity index (χ3v) is 3.12. The molecule has 0 saturated heterocycles. The first kappa shape index (κ1) is 10.2. The smallest absolute Gasteiger partial charge is 0.323 e.